The molecule has 0 aromatic carbocycles. The smallest absolute Gasteiger partial charge is 0.334 e. The van der Waals surface area contributed by atoms with Crippen LogP contribution in [0, 0.1) is 5.92 Å². The summed E-state index contributed by atoms with van der Waals surface area (Å²) in [5.74, 6) is -0.199. The van der Waals surface area contributed by atoms with Crippen molar-refractivity contribution in [1.29, 1.82) is 0 Å². The molecule has 0 saturated carbocycles. The second kappa shape index (κ2) is 5.13. The third-order valence-corrected chi connectivity index (χ3v) is 1.25. The molecule has 66 valence electrons. The van der Waals surface area contributed by atoms with Gasteiger partial charge in [-0.25, -0.2) is 4.79 Å². The van der Waals surface area contributed by atoms with Gasteiger partial charge in [0.1, 0.15) is 0 Å². The quantitative estimate of drug-likeness (QED) is 0.623. The molecule has 0 radical (unpaired) electrons. The Morgan fingerprint density at radius 2 is 2.09 bits per heavy atom. The van der Waals surface area contributed by atoms with Crippen molar-refractivity contribution < 1.29 is 14.6 Å². The highest BCUT2D eigenvalue weighted by Crippen LogP contribution is 2.05. The SMILES string of the molecule is CCOC(=O)[C@H](O)CC(C)C. The third kappa shape index (κ3) is 4.79. The predicted octanol–water partition coefficient (Wildman–Crippen LogP) is 0.956. The highest BCUT2D eigenvalue weighted by atomic mass is 16.5. The Hall–Kier alpha value is -0.570. The van der Waals surface area contributed by atoms with E-state index < -0.39 is 12.1 Å². The Morgan fingerprint density at radius 3 is 2.45 bits per heavy atom. The van der Waals surface area contributed by atoms with E-state index >= 15 is 0 Å². The van der Waals surface area contributed by atoms with Gasteiger partial charge in [-0.3, -0.25) is 0 Å². The number of esters is 1. The molecule has 0 saturated heterocycles. The number of hydrogen-bond acceptors (Lipinski definition) is 3. The second-order valence-electron chi connectivity index (χ2n) is 2.90. The van der Waals surface area contributed by atoms with Crippen LogP contribution < -0.4 is 0 Å². The first kappa shape index (κ1) is 10.4. The van der Waals surface area contributed by atoms with Crippen LogP contribution in [0.4, 0.5) is 0 Å². The molecule has 11 heavy (non-hydrogen) atoms. The molecule has 0 rings (SSSR count). The van der Waals surface area contributed by atoms with Gasteiger partial charge in [0.2, 0.25) is 0 Å². The number of carbonyl (C=O) groups excluding carboxylic acids is 1. The summed E-state index contributed by atoms with van der Waals surface area (Å²) in [5.41, 5.74) is 0. The maximum atomic E-state index is 10.8. The van der Waals surface area contributed by atoms with E-state index in [1.807, 2.05) is 13.8 Å². The summed E-state index contributed by atoms with van der Waals surface area (Å²) in [6.07, 6.45) is -0.478. The first-order chi connectivity index (χ1) is 5.07. The predicted molar refractivity (Wildman–Crippen MR) is 42.1 cm³/mol. The van der Waals surface area contributed by atoms with Gasteiger partial charge in [-0.15, -0.1) is 0 Å². The van der Waals surface area contributed by atoms with Crippen LogP contribution in [0.2, 0.25) is 0 Å². The van der Waals surface area contributed by atoms with E-state index in [0.29, 0.717) is 18.9 Å². The van der Waals surface area contributed by atoms with Crippen molar-refractivity contribution in [3.8, 4) is 0 Å². The minimum absolute atomic E-state index is 0.314. The second-order valence-corrected chi connectivity index (χ2v) is 2.90. The molecular weight excluding hydrogens is 144 g/mol. The van der Waals surface area contributed by atoms with Gasteiger partial charge >= 0.3 is 5.97 Å². The lowest BCUT2D eigenvalue weighted by molar-refractivity contribution is -0.153. The molecule has 0 bridgehead atoms. The normalized spacial score (nSPS) is 13.2. The van der Waals surface area contributed by atoms with Crippen LogP contribution in [0.5, 0.6) is 0 Å². The molecule has 1 atom stereocenters. The summed E-state index contributed by atoms with van der Waals surface area (Å²) >= 11 is 0. The molecule has 0 aromatic rings. The highest BCUT2D eigenvalue weighted by molar-refractivity contribution is 5.74. The van der Waals surface area contributed by atoms with Crippen LogP contribution in [0.1, 0.15) is 27.2 Å². The fourth-order valence-corrected chi connectivity index (χ4v) is 0.781. The van der Waals surface area contributed by atoms with Crippen molar-refractivity contribution in [3.05, 3.63) is 0 Å². The minimum atomic E-state index is -0.949. The molecule has 0 unspecified atom stereocenters. The maximum absolute atomic E-state index is 10.8. The number of aliphatic hydroxyl groups is 1. The Morgan fingerprint density at radius 1 is 1.55 bits per heavy atom. The van der Waals surface area contributed by atoms with Crippen LogP contribution in [-0.4, -0.2) is 23.8 Å². The summed E-state index contributed by atoms with van der Waals surface area (Å²) in [4.78, 5) is 10.8. The zero-order valence-electron chi connectivity index (χ0n) is 7.33. The van der Waals surface area contributed by atoms with Gasteiger partial charge in [0.25, 0.3) is 0 Å². The van der Waals surface area contributed by atoms with Crippen molar-refractivity contribution in [2.24, 2.45) is 5.92 Å². The van der Waals surface area contributed by atoms with Crippen LogP contribution >= 0.6 is 0 Å². The first-order valence-corrected chi connectivity index (χ1v) is 3.92. The van der Waals surface area contributed by atoms with Gasteiger partial charge in [-0.1, -0.05) is 13.8 Å². The molecule has 0 amide bonds. The van der Waals surface area contributed by atoms with Crippen molar-refractivity contribution in [2.45, 2.75) is 33.3 Å². The van der Waals surface area contributed by atoms with E-state index in [4.69, 9.17) is 5.11 Å². The molecule has 0 aliphatic heterocycles. The Labute approximate surface area is 67.4 Å². The van der Waals surface area contributed by atoms with Crippen molar-refractivity contribution in [3.63, 3.8) is 0 Å². The van der Waals surface area contributed by atoms with Gasteiger partial charge in [-0.2, -0.15) is 0 Å². The van der Waals surface area contributed by atoms with E-state index in [9.17, 15) is 4.79 Å². The lowest BCUT2D eigenvalue weighted by Gasteiger charge is -2.10. The van der Waals surface area contributed by atoms with E-state index in [2.05, 4.69) is 4.74 Å². The average Bonchev–Trinajstić information content (AvgIpc) is 1.86. The lowest BCUT2D eigenvalue weighted by atomic mass is 10.1. The summed E-state index contributed by atoms with van der Waals surface area (Å²) < 4.78 is 4.62. The van der Waals surface area contributed by atoms with Crippen LogP contribution in [0.25, 0.3) is 0 Å². The maximum Gasteiger partial charge on any atom is 0.334 e. The van der Waals surface area contributed by atoms with Crippen molar-refractivity contribution in [2.75, 3.05) is 6.61 Å². The number of ether oxygens (including phenoxy) is 1. The molecule has 3 nitrogen and oxygen atoms in total. The third-order valence-electron chi connectivity index (χ3n) is 1.25. The topological polar surface area (TPSA) is 46.5 Å². The Balaban J connectivity index is 3.64. The fourth-order valence-electron chi connectivity index (χ4n) is 0.781. The number of carbonyl (C=O) groups is 1. The Kier molecular flexibility index (Phi) is 4.86. The molecule has 0 spiro atoms. The zero-order chi connectivity index (χ0) is 8.85. The van der Waals surface area contributed by atoms with Crippen LogP contribution in [-0.2, 0) is 9.53 Å². The van der Waals surface area contributed by atoms with Gasteiger partial charge in [0.05, 0.1) is 6.61 Å². The molecule has 0 aliphatic carbocycles. The molecular formula is C8H16O3. The first-order valence-electron chi connectivity index (χ1n) is 3.92. The van der Waals surface area contributed by atoms with Crippen LogP contribution in [0.15, 0.2) is 0 Å². The molecule has 3 heteroatoms. The van der Waals surface area contributed by atoms with E-state index in [0.717, 1.165) is 0 Å². The fraction of sp³-hybridized carbons (Fsp3) is 0.875. The Bertz CT molecular complexity index is 121. The van der Waals surface area contributed by atoms with E-state index in [1.54, 1.807) is 6.92 Å². The van der Waals surface area contributed by atoms with Crippen LogP contribution in [0.3, 0.4) is 0 Å². The van der Waals surface area contributed by atoms with Gasteiger partial charge in [-0.05, 0) is 19.3 Å². The van der Waals surface area contributed by atoms with Gasteiger partial charge in [0.15, 0.2) is 6.10 Å². The zero-order valence-corrected chi connectivity index (χ0v) is 7.33. The molecule has 1 N–H and O–H groups in total. The monoisotopic (exact) mass is 160 g/mol. The molecule has 0 aliphatic rings. The minimum Gasteiger partial charge on any atom is -0.464 e. The summed E-state index contributed by atoms with van der Waals surface area (Å²) in [5, 5.41) is 9.14. The van der Waals surface area contributed by atoms with E-state index in [-0.39, 0.29) is 0 Å². The number of rotatable bonds is 4. The van der Waals surface area contributed by atoms with E-state index in [1.165, 1.54) is 0 Å². The summed E-state index contributed by atoms with van der Waals surface area (Å²) in [7, 11) is 0. The molecule has 0 heterocycles. The van der Waals surface area contributed by atoms with Crippen molar-refractivity contribution in [1.82, 2.24) is 0 Å². The number of aliphatic hydroxyl groups excluding tert-OH is 1. The summed E-state index contributed by atoms with van der Waals surface area (Å²) in [6.45, 7) is 5.94. The largest absolute Gasteiger partial charge is 0.464 e. The molecule has 0 fully saturated rings. The van der Waals surface area contributed by atoms with Gasteiger partial charge in [0, 0.05) is 0 Å². The van der Waals surface area contributed by atoms with Crippen molar-refractivity contribution >= 4 is 5.97 Å². The average molecular weight is 160 g/mol. The van der Waals surface area contributed by atoms with Gasteiger partial charge < -0.3 is 9.84 Å². The highest BCUT2D eigenvalue weighted by Gasteiger charge is 2.16. The standard InChI is InChI=1S/C8H16O3/c1-4-11-8(10)7(9)5-6(2)3/h6-7,9H,4-5H2,1-3H3/t7-/m1/s1. The summed E-state index contributed by atoms with van der Waals surface area (Å²) in [6, 6.07) is 0. The lowest BCUT2D eigenvalue weighted by Crippen LogP contribution is -2.24. The molecule has 0 aromatic heterocycles. The number of hydrogen-bond donors (Lipinski definition) is 1.